The largest absolute Gasteiger partial charge is 0.493 e. The number of benzene rings is 2. The van der Waals surface area contributed by atoms with Gasteiger partial charge in [-0.05, 0) is 30.3 Å². The number of para-hydroxylation sites is 1. The quantitative estimate of drug-likeness (QED) is 0.647. The molecule has 0 saturated carbocycles. The lowest BCUT2D eigenvalue weighted by molar-refractivity contribution is 0.0745. The lowest BCUT2D eigenvalue weighted by atomic mass is 10.1. The summed E-state index contributed by atoms with van der Waals surface area (Å²) in [5, 5.41) is 1.12. The van der Waals surface area contributed by atoms with Crippen molar-refractivity contribution in [1.29, 1.82) is 0 Å². The van der Waals surface area contributed by atoms with Gasteiger partial charge in [-0.2, -0.15) is 0 Å². The third kappa shape index (κ3) is 3.70. The van der Waals surface area contributed by atoms with Gasteiger partial charge in [-0.3, -0.25) is 4.79 Å². The van der Waals surface area contributed by atoms with Crippen LogP contribution in [0.4, 0.5) is 5.82 Å². The van der Waals surface area contributed by atoms with Crippen molar-refractivity contribution in [2.75, 3.05) is 52.4 Å². The van der Waals surface area contributed by atoms with Crippen molar-refractivity contribution in [2.45, 2.75) is 0 Å². The van der Waals surface area contributed by atoms with E-state index in [9.17, 15) is 4.79 Å². The normalized spacial score (nSPS) is 14.0. The molecule has 1 amide bonds. The zero-order valence-electron chi connectivity index (χ0n) is 17.4. The SMILES string of the molecule is COc1cc(C(=O)N2CCN(c3ccc4ccccc4n3)CC2)cc(OC)c1OC. The van der Waals surface area contributed by atoms with Gasteiger partial charge in [0, 0.05) is 37.1 Å². The second-order valence-electron chi connectivity index (χ2n) is 7.06. The molecule has 2 aromatic carbocycles. The monoisotopic (exact) mass is 407 g/mol. The fourth-order valence-electron chi connectivity index (χ4n) is 3.76. The van der Waals surface area contributed by atoms with Crippen LogP contribution in [0.2, 0.25) is 0 Å². The van der Waals surface area contributed by atoms with E-state index in [0.717, 1.165) is 29.8 Å². The van der Waals surface area contributed by atoms with Gasteiger partial charge in [0.15, 0.2) is 11.5 Å². The van der Waals surface area contributed by atoms with E-state index in [-0.39, 0.29) is 5.91 Å². The number of ether oxygens (including phenoxy) is 3. The van der Waals surface area contributed by atoms with Crippen LogP contribution in [0.25, 0.3) is 10.9 Å². The lowest BCUT2D eigenvalue weighted by Gasteiger charge is -2.35. The number of fused-ring (bicyclic) bond motifs is 1. The maximum absolute atomic E-state index is 13.1. The van der Waals surface area contributed by atoms with E-state index < -0.39 is 0 Å². The van der Waals surface area contributed by atoms with Crippen LogP contribution in [0.3, 0.4) is 0 Å². The summed E-state index contributed by atoms with van der Waals surface area (Å²) in [7, 11) is 4.63. The molecular weight excluding hydrogens is 382 g/mol. The number of carbonyl (C=O) groups excluding carboxylic acids is 1. The highest BCUT2D eigenvalue weighted by Gasteiger charge is 2.25. The second kappa shape index (κ2) is 8.49. The third-order valence-corrected chi connectivity index (χ3v) is 5.39. The van der Waals surface area contributed by atoms with Crippen LogP contribution in [-0.4, -0.2) is 63.3 Å². The fraction of sp³-hybridized carbons (Fsp3) is 0.304. The Morgan fingerprint density at radius 1 is 0.867 bits per heavy atom. The molecule has 0 N–H and O–H groups in total. The molecule has 0 atom stereocenters. The van der Waals surface area contributed by atoms with Gasteiger partial charge in [0.2, 0.25) is 5.75 Å². The molecule has 2 heterocycles. The second-order valence-corrected chi connectivity index (χ2v) is 7.06. The number of nitrogens with zero attached hydrogens (tertiary/aromatic N) is 3. The van der Waals surface area contributed by atoms with Crippen molar-refractivity contribution in [3.8, 4) is 17.2 Å². The zero-order valence-corrected chi connectivity index (χ0v) is 17.4. The van der Waals surface area contributed by atoms with Crippen molar-refractivity contribution >= 4 is 22.6 Å². The summed E-state index contributed by atoms with van der Waals surface area (Å²) >= 11 is 0. The van der Waals surface area contributed by atoms with E-state index in [1.807, 2.05) is 29.2 Å². The fourth-order valence-corrected chi connectivity index (χ4v) is 3.76. The first-order valence-electron chi connectivity index (χ1n) is 9.84. The Hall–Kier alpha value is -3.48. The molecule has 4 rings (SSSR count). The van der Waals surface area contributed by atoms with Crippen LogP contribution in [-0.2, 0) is 0 Å². The van der Waals surface area contributed by atoms with Gasteiger partial charge >= 0.3 is 0 Å². The standard InChI is InChI=1S/C23H25N3O4/c1-28-19-14-17(15-20(29-2)22(19)30-3)23(27)26-12-10-25(11-13-26)21-9-8-16-6-4-5-7-18(16)24-21/h4-9,14-15H,10-13H2,1-3H3. The topological polar surface area (TPSA) is 64.1 Å². The predicted octanol–water partition coefficient (Wildman–Crippen LogP) is 3.22. The average Bonchev–Trinajstić information content (AvgIpc) is 2.82. The molecule has 0 bridgehead atoms. The van der Waals surface area contributed by atoms with E-state index in [0.29, 0.717) is 35.9 Å². The number of anilines is 1. The predicted molar refractivity (Wildman–Crippen MR) is 116 cm³/mol. The van der Waals surface area contributed by atoms with E-state index in [4.69, 9.17) is 19.2 Å². The average molecular weight is 407 g/mol. The van der Waals surface area contributed by atoms with Crippen molar-refractivity contribution in [3.63, 3.8) is 0 Å². The number of hydrogen-bond acceptors (Lipinski definition) is 6. The summed E-state index contributed by atoms with van der Waals surface area (Å²) in [6.45, 7) is 2.68. The van der Waals surface area contributed by atoms with E-state index >= 15 is 0 Å². The molecule has 1 aromatic heterocycles. The maximum Gasteiger partial charge on any atom is 0.254 e. The summed E-state index contributed by atoms with van der Waals surface area (Å²) in [5.74, 6) is 2.30. The smallest absolute Gasteiger partial charge is 0.254 e. The minimum absolute atomic E-state index is 0.0552. The Balaban J connectivity index is 1.49. The van der Waals surface area contributed by atoms with Crippen LogP contribution in [0.1, 0.15) is 10.4 Å². The van der Waals surface area contributed by atoms with Crippen molar-refractivity contribution < 1.29 is 19.0 Å². The Labute approximate surface area is 175 Å². The molecule has 1 fully saturated rings. The molecule has 1 aliphatic rings. The van der Waals surface area contributed by atoms with Gasteiger partial charge in [0.25, 0.3) is 5.91 Å². The van der Waals surface area contributed by atoms with Crippen molar-refractivity contribution in [2.24, 2.45) is 0 Å². The van der Waals surface area contributed by atoms with Crippen molar-refractivity contribution in [3.05, 3.63) is 54.1 Å². The molecule has 0 radical (unpaired) electrons. The number of piperazine rings is 1. The van der Waals surface area contributed by atoms with Crippen LogP contribution in [0.15, 0.2) is 48.5 Å². The summed E-state index contributed by atoms with van der Waals surface area (Å²) in [6.07, 6.45) is 0. The number of rotatable bonds is 5. The summed E-state index contributed by atoms with van der Waals surface area (Å²) < 4.78 is 16.1. The highest BCUT2D eigenvalue weighted by atomic mass is 16.5. The summed E-state index contributed by atoms with van der Waals surface area (Å²) in [4.78, 5) is 21.9. The van der Waals surface area contributed by atoms with Gasteiger partial charge in [0.05, 0.1) is 26.8 Å². The van der Waals surface area contributed by atoms with Crippen molar-refractivity contribution in [1.82, 2.24) is 9.88 Å². The number of pyridine rings is 1. The molecule has 0 unspecified atom stereocenters. The molecule has 0 spiro atoms. The molecule has 1 saturated heterocycles. The van der Waals surface area contributed by atoms with E-state index in [1.54, 1.807) is 33.5 Å². The Bertz CT molecular complexity index is 1040. The number of hydrogen-bond donors (Lipinski definition) is 0. The molecule has 7 nitrogen and oxygen atoms in total. The molecule has 3 aromatic rings. The number of methoxy groups -OCH3 is 3. The first-order valence-corrected chi connectivity index (χ1v) is 9.84. The van der Waals surface area contributed by atoms with E-state index in [1.165, 1.54) is 0 Å². The molecule has 0 aliphatic carbocycles. The van der Waals surface area contributed by atoms with Crippen LogP contribution >= 0.6 is 0 Å². The van der Waals surface area contributed by atoms with Crippen LogP contribution < -0.4 is 19.1 Å². The minimum atomic E-state index is -0.0552. The van der Waals surface area contributed by atoms with Gasteiger partial charge in [0.1, 0.15) is 5.82 Å². The van der Waals surface area contributed by atoms with Gasteiger partial charge in [-0.1, -0.05) is 18.2 Å². The van der Waals surface area contributed by atoms with E-state index in [2.05, 4.69) is 17.0 Å². The molecule has 7 heteroatoms. The van der Waals surface area contributed by atoms with Gasteiger partial charge < -0.3 is 24.0 Å². The van der Waals surface area contributed by atoms with Crippen LogP contribution in [0.5, 0.6) is 17.2 Å². The molecule has 156 valence electrons. The highest BCUT2D eigenvalue weighted by molar-refractivity contribution is 5.96. The number of carbonyl (C=O) groups is 1. The number of aromatic nitrogens is 1. The Kier molecular flexibility index (Phi) is 5.61. The minimum Gasteiger partial charge on any atom is -0.493 e. The van der Waals surface area contributed by atoms with Crippen LogP contribution in [0, 0.1) is 0 Å². The first-order chi connectivity index (χ1) is 14.6. The molecular formula is C23H25N3O4. The molecule has 30 heavy (non-hydrogen) atoms. The third-order valence-electron chi connectivity index (χ3n) is 5.39. The summed E-state index contributed by atoms with van der Waals surface area (Å²) in [6, 6.07) is 15.6. The van der Waals surface area contributed by atoms with Gasteiger partial charge in [-0.15, -0.1) is 0 Å². The van der Waals surface area contributed by atoms with Gasteiger partial charge in [-0.25, -0.2) is 4.98 Å². The zero-order chi connectivity index (χ0) is 21.1. The maximum atomic E-state index is 13.1. The lowest BCUT2D eigenvalue weighted by Crippen LogP contribution is -2.49. The molecule has 1 aliphatic heterocycles. The summed E-state index contributed by atoms with van der Waals surface area (Å²) in [5.41, 5.74) is 1.49. The Morgan fingerprint density at radius 2 is 1.53 bits per heavy atom. The first kappa shape index (κ1) is 19.8. The number of amides is 1. The Morgan fingerprint density at radius 3 is 2.17 bits per heavy atom. The highest BCUT2D eigenvalue weighted by Crippen LogP contribution is 2.38.